The molecule has 0 aliphatic heterocycles. The molecule has 0 atom stereocenters. The van der Waals surface area contributed by atoms with Gasteiger partial charge in [0.1, 0.15) is 5.69 Å². The van der Waals surface area contributed by atoms with Gasteiger partial charge in [-0.1, -0.05) is 12.1 Å². The van der Waals surface area contributed by atoms with Gasteiger partial charge in [0.2, 0.25) is 0 Å². The van der Waals surface area contributed by atoms with E-state index in [0.717, 1.165) is 14.8 Å². The minimum Gasteiger partial charge on any atom is -0.378 e. The summed E-state index contributed by atoms with van der Waals surface area (Å²) in [5.74, 6) is -0.312. The number of amides is 1. The van der Waals surface area contributed by atoms with Gasteiger partial charge in [0.15, 0.2) is 0 Å². The highest BCUT2D eigenvalue weighted by Crippen LogP contribution is 2.11. The van der Waals surface area contributed by atoms with Crippen molar-refractivity contribution >= 4 is 40.4 Å². The quantitative estimate of drug-likeness (QED) is 0.481. The second-order valence-electron chi connectivity index (χ2n) is 4.28. The third kappa shape index (κ3) is 3.56. The summed E-state index contributed by atoms with van der Waals surface area (Å²) in [6.07, 6.45) is 3.18. The van der Waals surface area contributed by atoms with E-state index in [1.807, 2.05) is 65.9 Å². The maximum Gasteiger partial charge on any atom is 0.290 e. The highest BCUT2D eigenvalue weighted by atomic mass is 127. The first-order valence-corrected chi connectivity index (χ1v) is 6.95. The highest BCUT2D eigenvalue weighted by Gasteiger charge is 2.10. The van der Waals surface area contributed by atoms with Crippen molar-refractivity contribution in [3.05, 3.63) is 45.3 Å². The number of nitrogens with one attached hydrogen (secondary N) is 2. The standard InChI is InChI=1S/C13H14IN5O/c1-19(2)10-5-3-9(4-6-10)7-15-18-13(20)12-11(14)8-16-17-12/h3-8H,1-2H3,(H,16,17)(H,18,20)/b15-7+. The van der Waals surface area contributed by atoms with E-state index in [1.165, 1.54) is 0 Å². The Labute approximate surface area is 130 Å². The van der Waals surface area contributed by atoms with Gasteiger partial charge in [-0.3, -0.25) is 9.89 Å². The molecular weight excluding hydrogens is 369 g/mol. The van der Waals surface area contributed by atoms with Gasteiger partial charge in [-0.25, -0.2) is 5.43 Å². The molecule has 7 heteroatoms. The fourth-order valence-corrected chi connectivity index (χ4v) is 2.02. The number of anilines is 1. The summed E-state index contributed by atoms with van der Waals surface area (Å²) in [7, 11) is 3.96. The Morgan fingerprint density at radius 2 is 2.10 bits per heavy atom. The molecule has 0 saturated heterocycles. The molecule has 1 aromatic heterocycles. The second kappa shape index (κ2) is 6.51. The number of carbonyl (C=O) groups excluding carboxylic acids is 1. The smallest absolute Gasteiger partial charge is 0.290 e. The van der Waals surface area contributed by atoms with Crippen LogP contribution in [0.2, 0.25) is 0 Å². The topological polar surface area (TPSA) is 73.4 Å². The molecule has 20 heavy (non-hydrogen) atoms. The Morgan fingerprint density at radius 3 is 2.65 bits per heavy atom. The Hall–Kier alpha value is -1.90. The molecule has 0 bridgehead atoms. The van der Waals surface area contributed by atoms with Crippen LogP contribution >= 0.6 is 22.6 Å². The summed E-state index contributed by atoms with van der Waals surface area (Å²) in [6, 6.07) is 7.85. The molecule has 0 aliphatic carbocycles. The molecule has 0 saturated carbocycles. The number of benzene rings is 1. The number of halogens is 1. The van der Waals surface area contributed by atoms with Gasteiger partial charge in [-0.05, 0) is 40.3 Å². The average molecular weight is 383 g/mol. The van der Waals surface area contributed by atoms with Crippen molar-refractivity contribution in [1.29, 1.82) is 0 Å². The first kappa shape index (κ1) is 14.5. The van der Waals surface area contributed by atoms with Gasteiger partial charge in [-0.2, -0.15) is 10.2 Å². The number of aromatic nitrogens is 2. The van der Waals surface area contributed by atoms with Crippen LogP contribution < -0.4 is 10.3 Å². The van der Waals surface area contributed by atoms with Crippen molar-refractivity contribution < 1.29 is 4.79 Å². The number of H-pyrrole nitrogens is 1. The summed E-state index contributed by atoms with van der Waals surface area (Å²) in [5.41, 5.74) is 4.89. The molecule has 2 rings (SSSR count). The molecule has 1 heterocycles. The minimum absolute atomic E-state index is 0.312. The Bertz CT molecular complexity index is 618. The monoisotopic (exact) mass is 383 g/mol. The van der Waals surface area contributed by atoms with Gasteiger partial charge in [-0.15, -0.1) is 0 Å². The van der Waals surface area contributed by atoms with Gasteiger partial charge >= 0.3 is 0 Å². The van der Waals surface area contributed by atoms with E-state index >= 15 is 0 Å². The van der Waals surface area contributed by atoms with Crippen molar-refractivity contribution in [3.63, 3.8) is 0 Å². The van der Waals surface area contributed by atoms with E-state index in [2.05, 4.69) is 20.7 Å². The minimum atomic E-state index is -0.312. The van der Waals surface area contributed by atoms with Gasteiger partial charge in [0.25, 0.3) is 5.91 Å². The van der Waals surface area contributed by atoms with Crippen molar-refractivity contribution in [2.75, 3.05) is 19.0 Å². The van der Waals surface area contributed by atoms with E-state index in [0.29, 0.717) is 5.69 Å². The van der Waals surface area contributed by atoms with Crippen LogP contribution in [0.4, 0.5) is 5.69 Å². The molecule has 0 fully saturated rings. The van der Waals surface area contributed by atoms with E-state index in [1.54, 1.807) is 12.4 Å². The van der Waals surface area contributed by atoms with Crippen LogP contribution in [-0.4, -0.2) is 36.4 Å². The lowest BCUT2D eigenvalue weighted by Crippen LogP contribution is -2.19. The highest BCUT2D eigenvalue weighted by molar-refractivity contribution is 14.1. The van der Waals surface area contributed by atoms with Gasteiger partial charge in [0, 0.05) is 19.8 Å². The van der Waals surface area contributed by atoms with Crippen molar-refractivity contribution in [1.82, 2.24) is 15.6 Å². The predicted molar refractivity (Wildman–Crippen MR) is 87.1 cm³/mol. The lowest BCUT2D eigenvalue weighted by atomic mass is 10.2. The van der Waals surface area contributed by atoms with Crippen molar-refractivity contribution in [2.24, 2.45) is 5.10 Å². The molecule has 104 valence electrons. The van der Waals surface area contributed by atoms with Crippen molar-refractivity contribution in [3.8, 4) is 0 Å². The fraction of sp³-hybridized carbons (Fsp3) is 0.154. The second-order valence-corrected chi connectivity index (χ2v) is 5.44. The van der Waals surface area contributed by atoms with E-state index in [4.69, 9.17) is 0 Å². The Balaban J connectivity index is 1.96. The molecule has 0 spiro atoms. The number of rotatable bonds is 4. The molecule has 1 aromatic carbocycles. The molecule has 1 amide bonds. The summed E-state index contributed by atoms with van der Waals surface area (Å²) in [4.78, 5) is 13.8. The normalized spacial score (nSPS) is 10.8. The summed E-state index contributed by atoms with van der Waals surface area (Å²) < 4.78 is 0.755. The van der Waals surface area contributed by atoms with Crippen LogP contribution in [0.1, 0.15) is 16.1 Å². The maximum atomic E-state index is 11.8. The fourth-order valence-electron chi connectivity index (χ4n) is 1.51. The molecule has 0 radical (unpaired) electrons. The zero-order valence-electron chi connectivity index (χ0n) is 11.1. The first-order valence-electron chi connectivity index (χ1n) is 5.87. The average Bonchev–Trinajstić information content (AvgIpc) is 2.85. The van der Waals surface area contributed by atoms with E-state index in [9.17, 15) is 4.79 Å². The summed E-state index contributed by atoms with van der Waals surface area (Å²) >= 11 is 2.03. The molecule has 0 aliphatic rings. The van der Waals surface area contributed by atoms with E-state index < -0.39 is 0 Å². The van der Waals surface area contributed by atoms with Gasteiger partial charge < -0.3 is 4.90 Å². The van der Waals surface area contributed by atoms with Crippen LogP contribution in [0.15, 0.2) is 35.6 Å². The molecule has 6 nitrogen and oxygen atoms in total. The van der Waals surface area contributed by atoms with Gasteiger partial charge in [0.05, 0.1) is 16.0 Å². The van der Waals surface area contributed by atoms with Crippen LogP contribution in [0.3, 0.4) is 0 Å². The van der Waals surface area contributed by atoms with E-state index in [-0.39, 0.29) is 5.91 Å². The van der Waals surface area contributed by atoms with Crippen molar-refractivity contribution in [2.45, 2.75) is 0 Å². The van der Waals surface area contributed by atoms with Crippen LogP contribution in [0, 0.1) is 3.57 Å². The van der Waals surface area contributed by atoms with Crippen LogP contribution in [-0.2, 0) is 0 Å². The number of carbonyl (C=O) groups is 1. The third-order valence-corrected chi connectivity index (χ3v) is 3.43. The molecular formula is C13H14IN5O. The number of hydrazone groups is 1. The summed E-state index contributed by atoms with van der Waals surface area (Å²) in [5, 5.41) is 10.3. The molecule has 2 N–H and O–H groups in total. The largest absolute Gasteiger partial charge is 0.378 e. The van der Waals surface area contributed by atoms with Crippen LogP contribution in [0.25, 0.3) is 0 Å². The summed E-state index contributed by atoms with van der Waals surface area (Å²) in [6.45, 7) is 0. The number of aromatic amines is 1. The third-order valence-electron chi connectivity index (χ3n) is 2.61. The number of hydrogen-bond donors (Lipinski definition) is 2. The SMILES string of the molecule is CN(C)c1ccc(/C=N/NC(=O)c2[nH]ncc2I)cc1. The zero-order chi connectivity index (χ0) is 14.5. The number of hydrogen-bond acceptors (Lipinski definition) is 4. The Morgan fingerprint density at radius 1 is 1.40 bits per heavy atom. The maximum absolute atomic E-state index is 11.8. The predicted octanol–water partition coefficient (Wildman–Crippen LogP) is 1.84. The lowest BCUT2D eigenvalue weighted by molar-refractivity contribution is 0.0949. The molecule has 2 aromatic rings. The lowest BCUT2D eigenvalue weighted by Gasteiger charge is -2.11. The zero-order valence-corrected chi connectivity index (χ0v) is 13.2. The first-order chi connectivity index (χ1) is 9.58. The number of nitrogens with zero attached hydrogens (tertiary/aromatic N) is 3. The van der Waals surface area contributed by atoms with Crippen LogP contribution in [0.5, 0.6) is 0 Å². The Kier molecular flexibility index (Phi) is 4.72. The molecule has 0 unspecified atom stereocenters.